The van der Waals surface area contributed by atoms with Crippen LogP contribution in [0, 0.1) is 5.41 Å². The minimum Gasteiger partial charge on any atom is -0.330 e. The Bertz CT molecular complexity index is 704. The first-order valence-electron chi connectivity index (χ1n) is 8.85. The highest BCUT2D eigenvalue weighted by Crippen LogP contribution is 2.38. The smallest absolute Gasteiger partial charge is 0.224 e. The number of imidazole rings is 1. The molecule has 1 fully saturated rings. The Balaban J connectivity index is 1.57. The predicted octanol–water partition coefficient (Wildman–Crippen LogP) is 3.81. The molecule has 2 aromatic rings. The Labute approximate surface area is 153 Å². The molecule has 3 rings (SSSR count). The average Bonchev–Trinajstić information content (AvgIpc) is 3.02. The standard InChI is InChI=1S/C19H26N4OS/c1-23-12-11-21-18(23)25-16-7-5-15(6-8-16)22-17(24)13-19(14-20)9-3-2-4-10-19/h5-8,11-12H,2-4,9-10,13-14,20H2,1H3,(H,22,24). The first kappa shape index (κ1) is 18.0. The number of carbonyl (C=O) groups is 1. The minimum atomic E-state index is -0.00364. The maximum atomic E-state index is 12.4. The van der Waals surface area contributed by atoms with Gasteiger partial charge in [0.1, 0.15) is 0 Å². The van der Waals surface area contributed by atoms with Crippen molar-refractivity contribution in [3.05, 3.63) is 36.7 Å². The van der Waals surface area contributed by atoms with E-state index in [0.29, 0.717) is 13.0 Å². The Kier molecular flexibility index (Phi) is 5.81. The summed E-state index contributed by atoms with van der Waals surface area (Å²) in [4.78, 5) is 17.8. The van der Waals surface area contributed by atoms with Crippen molar-refractivity contribution in [2.24, 2.45) is 18.2 Å². The summed E-state index contributed by atoms with van der Waals surface area (Å²) in [6.07, 6.45) is 10.00. The van der Waals surface area contributed by atoms with E-state index in [9.17, 15) is 4.79 Å². The van der Waals surface area contributed by atoms with Crippen LogP contribution in [0.1, 0.15) is 38.5 Å². The summed E-state index contributed by atoms with van der Waals surface area (Å²) in [6.45, 7) is 0.597. The van der Waals surface area contributed by atoms with Crippen LogP contribution in [0.5, 0.6) is 0 Å². The second-order valence-corrected chi connectivity index (χ2v) is 7.98. The quantitative estimate of drug-likeness (QED) is 0.823. The number of hydrogen-bond acceptors (Lipinski definition) is 4. The number of amides is 1. The summed E-state index contributed by atoms with van der Waals surface area (Å²) in [5, 5.41) is 3.96. The summed E-state index contributed by atoms with van der Waals surface area (Å²) in [5.41, 5.74) is 6.81. The Morgan fingerprint density at radius 1 is 1.28 bits per heavy atom. The van der Waals surface area contributed by atoms with E-state index in [0.717, 1.165) is 28.6 Å². The molecule has 1 heterocycles. The second kappa shape index (κ2) is 8.06. The fourth-order valence-electron chi connectivity index (χ4n) is 3.46. The zero-order valence-electron chi connectivity index (χ0n) is 14.7. The van der Waals surface area contributed by atoms with Gasteiger partial charge in [0.15, 0.2) is 5.16 Å². The molecule has 3 N–H and O–H groups in total. The lowest BCUT2D eigenvalue weighted by atomic mass is 9.71. The van der Waals surface area contributed by atoms with E-state index < -0.39 is 0 Å². The van der Waals surface area contributed by atoms with Crippen LogP contribution < -0.4 is 11.1 Å². The molecule has 0 radical (unpaired) electrons. The van der Waals surface area contributed by atoms with E-state index in [1.165, 1.54) is 19.3 Å². The highest BCUT2D eigenvalue weighted by Gasteiger charge is 2.32. The third kappa shape index (κ3) is 4.64. The maximum Gasteiger partial charge on any atom is 0.224 e. The number of rotatable bonds is 6. The summed E-state index contributed by atoms with van der Waals surface area (Å²) in [6, 6.07) is 7.90. The lowest BCUT2D eigenvalue weighted by molar-refractivity contribution is -0.118. The monoisotopic (exact) mass is 358 g/mol. The molecule has 1 aromatic heterocycles. The Hall–Kier alpha value is -1.79. The van der Waals surface area contributed by atoms with E-state index >= 15 is 0 Å². The maximum absolute atomic E-state index is 12.4. The SMILES string of the molecule is Cn1ccnc1Sc1ccc(NC(=O)CC2(CN)CCCCC2)cc1. The molecule has 0 saturated heterocycles. The van der Waals surface area contributed by atoms with Crippen molar-refractivity contribution >= 4 is 23.4 Å². The number of aromatic nitrogens is 2. The van der Waals surface area contributed by atoms with Crippen molar-refractivity contribution in [1.82, 2.24) is 9.55 Å². The van der Waals surface area contributed by atoms with Gasteiger partial charge >= 0.3 is 0 Å². The van der Waals surface area contributed by atoms with Crippen LogP contribution in [-0.4, -0.2) is 22.0 Å². The van der Waals surface area contributed by atoms with Gasteiger partial charge in [-0.3, -0.25) is 4.79 Å². The second-order valence-electron chi connectivity index (χ2n) is 6.94. The van der Waals surface area contributed by atoms with Crippen molar-refractivity contribution in [3.63, 3.8) is 0 Å². The van der Waals surface area contributed by atoms with Gasteiger partial charge in [0.2, 0.25) is 5.91 Å². The first-order valence-corrected chi connectivity index (χ1v) is 9.67. The molecular weight excluding hydrogens is 332 g/mol. The summed E-state index contributed by atoms with van der Waals surface area (Å²) in [5.74, 6) is 0.0665. The molecule has 0 aliphatic heterocycles. The number of nitrogens with two attached hydrogens (primary N) is 1. The molecule has 1 aromatic carbocycles. The van der Waals surface area contributed by atoms with E-state index in [2.05, 4.69) is 10.3 Å². The van der Waals surface area contributed by atoms with Gasteiger partial charge in [-0.1, -0.05) is 31.0 Å². The van der Waals surface area contributed by atoms with Crippen LogP contribution in [0.4, 0.5) is 5.69 Å². The molecule has 1 aliphatic rings. The van der Waals surface area contributed by atoms with Gasteiger partial charge in [-0.2, -0.15) is 0 Å². The number of anilines is 1. The topological polar surface area (TPSA) is 72.9 Å². The normalized spacial score (nSPS) is 16.6. The van der Waals surface area contributed by atoms with Gasteiger partial charge in [-0.05, 0) is 49.1 Å². The third-order valence-corrected chi connectivity index (χ3v) is 6.09. The highest BCUT2D eigenvalue weighted by atomic mass is 32.2. The van der Waals surface area contributed by atoms with Crippen LogP contribution in [0.2, 0.25) is 0 Å². The zero-order chi connectivity index (χ0) is 17.7. The molecule has 25 heavy (non-hydrogen) atoms. The summed E-state index contributed by atoms with van der Waals surface area (Å²) in [7, 11) is 1.97. The predicted molar refractivity (Wildman–Crippen MR) is 102 cm³/mol. The molecule has 1 saturated carbocycles. The fourth-order valence-corrected chi connectivity index (χ4v) is 4.26. The van der Waals surface area contributed by atoms with Gasteiger partial charge in [0, 0.05) is 36.4 Å². The van der Waals surface area contributed by atoms with Crippen molar-refractivity contribution in [2.75, 3.05) is 11.9 Å². The molecule has 0 atom stereocenters. The van der Waals surface area contributed by atoms with Crippen LogP contribution in [0.3, 0.4) is 0 Å². The van der Waals surface area contributed by atoms with Crippen LogP contribution in [0.25, 0.3) is 0 Å². The van der Waals surface area contributed by atoms with Gasteiger partial charge in [-0.15, -0.1) is 0 Å². The van der Waals surface area contributed by atoms with Crippen molar-refractivity contribution in [1.29, 1.82) is 0 Å². The molecule has 1 amide bonds. The number of nitrogens with zero attached hydrogens (tertiary/aromatic N) is 2. The van der Waals surface area contributed by atoms with E-state index in [4.69, 9.17) is 5.73 Å². The lowest BCUT2D eigenvalue weighted by Crippen LogP contribution is -2.36. The number of benzene rings is 1. The summed E-state index contributed by atoms with van der Waals surface area (Å²) < 4.78 is 1.98. The fraction of sp³-hybridized carbons (Fsp3) is 0.474. The molecule has 134 valence electrons. The molecule has 0 unspecified atom stereocenters. The van der Waals surface area contributed by atoms with E-state index in [1.54, 1.807) is 18.0 Å². The molecule has 1 aliphatic carbocycles. The Morgan fingerprint density at radius 3 is 2.60 bits per heavy atom. The van der Waals surface area contributed by atoms with Crippen LogP contribution >= 0.6 is 11.8 Å². The van der Waals surface area contributed by atoms with Crippen molar-refractivity contribution < 1.29 is 4.79 Å². The molecular formula is C19H26N4OS. The van der Waals surface area contributed by atoms with Crippen LogP contribution in [0.15, 0.2) is 46.7 Å². The van der Waals surface area contributed by atoms with Gasteiger partial charge in [-0.25, -0.2) is 4.98 Å². The largest absolute Gasteiger partial charge is 0.330 e. The van der Waals surface area contributed by atoms with Crippen molar-refractivity contribution in [3.8, 4) is 0 Å². The highest BCUT2D eigenvalue weighted by molar-refractivity contribution is 7.99. The van der Waals surface area contributed by atoms with Gasteiger partial charge in [0.05, 0.1) is 0 Å². The number of nitrogens with one attached hydrogen (secondary N) is 1. The summed E-state index contributed by atoms with van der Waals surface area (Å²) >= 11 is 1.60. The number of aryl methyl sites for hydroxylation is 1. The minimum absolute atomic E-state index is 0.00364. The molecule has 0 bridgehead atoms. The third-order valence-electron chi connectivity index (χ3n) is 5.01. The van der Waals surface area contributed by atoms with Crippen LogP contribution in [-0.2, 0) is 11.8 Å². The Morgan fingerprint density at radius 2 is 2.00 bits per heavy atom. The molecule has 0 spiro atoms. The van der Waals surface area contributed by atoms with E-state index in [-0.39, 0.29) is 11.3 Å². The van der Waals surface area contributed by atoms with Gasteiger partial charge in [0.25, 0.3) is 0 Å². The average molecular weight is 359 g/mol. The number of hydrogen-bond donors (Lipinski definition) is 2. The van der Waals surface area contributed by atoms with Crippen molar-refractivity contribution in [2.45, 2.75) is 48.6 Å². The lowest BCUT2D eigenvalue weighted by Gasteiger charge is -2.35. The zero-order valence-corrected chi connectivity index (χ0v) is 15.5. The molecule has 6 heteroatoms. The molecule has 5 nitrogen and oxygen atoms in total. The number of carbonyl (C=O) groups excluding carboxylic acids is 1. The van der Waals surface area contributed by atoms with Gasteiger partial charge < -0.3 is 15.6 Å². The first-order chi connectivity index (χ1) is 12.1. The van der Waals surface area contributed by atoms with E-state index in [1.807, 2.05) is 42.1 Å².